The summed E-state index contributed by atoms with van der Waals surface area (Å²) in [7, 11) is 0. The van der Waals surface area contributed by atoms with Gasteiger partial charge in [0, 0.05) is 6.42 Å². The van der Waals surface area contributed by atoms with Gasteiger partial charge in [-0.15, -0.1) is 0 Å². The zero-order chi connectivity index (χ0) is 7.56. The molecule has 0 radical (unpaired) electrons. The first kappa shape index (κ1) is 4.97. The molecule has 1 heterocycles. The fourth-order valence-electron chi connectivity index (χ4n) is 0.602. The first-order valence-electron chi connectivity index (χ1n) is 3.47. The van der Waals surface area contributed by atoms with Gasteiger partial charge in [-0.2, -0.15) is 4.98 Å². The fourth-order valence-corrected chi connectivity index (χ4v) is 0.602. The summed E-state index contributed by atoms with van der Waals surface area (Å²) in [6.07, 6.45) is 0.724. The van der Waals surface area contributed by atoms with Gasteiger partial charge < -0.3 is 4.52 Å². The Morgan fingerprint density at radius 1 is 1.89 bits per heavy atom. The monoisotopic (exact) mass is 127 g/mol. The van der Waals surface area contributed by atoms with E-state index in [0.29, 0.717) is 11.8 Å². The van der Waals surface area contributed by atoms with Crippen molar-refractivity contribution in [1.82, 2.24) is 10.1 Å². The molecule has 0 N–H and O–H groups in total. The number of hydrogen-bond donors (Lipinski definition) is 0. The van der Waals surface area contributed by atoms with Crippen LogP contribution in [0.2, 0.25) is 0 Å². The van der Waals surface area contributed by atoms with E-state index in [1.165, 1.54) is 0 Å². The highest BCUT2D eigenvalue weighted by molar-refractivity contribution is 4.74. The molecule has 0 saturated heterocycles. The van der Waals surface area contributed by atoms with Crippen LogP contribution >= 0.6 is 0 Å². The van der Waals surface area contributed by atoms with Crippen LogP contribution in [-0.2, 0) is 6.42 Å². The lowest BCUT2D eigenvalue weighted by Crippen LogP contribution is -1.92. The SMILES string of the molecule is [2H]c1noc(CC(C)C)n1. The molecule has 0 aromatic carbocycles. The third-order valence-corrected chi connectivity index (χ3v) is 0.949. The zero-order valence-electron chi connectivity index (χ0n) is 6.59. The topological polar surface area (TPSA) is 38.9 Å². The highest BCUT2D eigenvalue weighted by atomic mass is 16.5. The highest BCUT2D eigenvalue weighted by Gasteiger charge is 2.00. The Hall–Kier alpha value is -0.860. The van der Waals surface area contributed by atoms with Crippen LogP contribution in [-0.4, -0.2) is 10.1 Å². The first-order valence-corrected chi connectivity index (χ1v) is 2.97. The molecule has 0 unspecified atom stereocenters. The molecule has 0 aliphatic carbocycles. The van der Waals surface area contributed by atoms with E-state index in [-0.39, 0.29) is 6.30 Å². The van der Waals surface area contributed by atoms with Crippen LogP contribution < -0.4 is 0 Å². The molecule has 0 aliphatic rings. The first-order chi connectivity index (χ1) is 4.68. The summed E-state index contributed by atoms with van der Waals surface area (Å²) in [4.78, 5) is 3.74. The van der Waals surface area contributed by atoms with Gasteiger partial charge in [0.2, 0.25) is 5.89 Å². The molecule has 0 saturated carbocycles. The molecule has 1 aromatic rings. The summed E-state index contributed by atoms with van der Waals surface area (Å²) >= 11 is 0. The largest absolute Gasteiger partial charge is 0.340 e. The molecule has 1 aromatic heterocycles. The number of hydrogen-bond acceptors (Lipinski definition) is 3. The quantitative estimate of drug-likeness (QED) is 0.600. The van der Waals surface area contributed by atoms with Gasteiger partial charge in [-0.25, -0.2) is 0 Å². The maximum absolute atomic E-state index is 6.94. The summed E-state index contributed by atoms with van der Waals surface area (Å²) in [5.41, 5.74) is 0. The van der Waals surface area contributed by atoms with E-state index in [1.807, 2.05) is 0 Å². The predicted molar refractivity (Wildman–Crippen MR) is 32.8 cm³/mol. The van der Waals surface area contributed by atoms with Crippen LogP contribution in [0, 0.1) is 5.92 Å². The average Bonchev–Trinajstić information content (AvgIpc) is 2.13. The summed E-state index contributed by atoms with van der Waals surface area (Å²) < 4.78 is 11.7. The Kier molecular flexibility index (Phi) is 1.44. The zero-order valence-corrected chi connectivity index (χ0v) is 5.59. The third-order valence-electron chi connectivity index (χ3n) is 0.949. The van der Waals surface area contributed by atoms with Gasteiger partial charge in [0.1, 0.15) is 1.37 Å². The normalized spacial score (nSPS) is 12.1. The van der Waals surface area contributed by atoms with Gasteiger partial charge in [-0.05, 0) is 5.92 Å². The second-order valence-corrected chi connectivity index (χ2v) is 2.39. The molecule has 1 rings (SSSR count). The van der Waals surface area contributed by atoms with Crippen molar-refractivity contribution < 1.29 is 5.89 Å². The molecule has 50 valence electrons. The number of nitrogens with zero attached hydrogens (tertiary/aromatic N) is 2. The Morgan fingerprint density at radius 3 is 3.11 bits per heavy atom. The smallest absolute Gasteiger partial charge is 0.226 e. The lowest BCUT2D eigenvalue weighted by Gasteiger charge is -1.95. The van der Waals surface area contributed by atoms with Crippen molar-refractivity contribution in [3.63, 3.8) is 0 Å². The van der Waals surface area contributed by atoms with Crippen LogP contribution in [0.15, 0.2) is 10.8 Å². The van der Waals surface area contributed by atoms with E-state index in [9.17, 15) is 0 Å². The van der Waals surface area contributed by atoms with Crippen molar-refractivity contribution in [2.45, 2.75) is 20.3 Å². The van der Waals surface area contributed by atoms with Gasteiger partial charge in [0.25, 0.3) is 0 Å². The second kappa shape index (κ2) is 2.62. The van der Waals surface area contributed by atoms with Gasteiger partial charge in [-0.1, -0.05) is 19.0 Å². The molecule has 3 heteroatoms. The molecule has 0 atom stereocenters. The van der Waals surface area contributed by atoms with Crippen molar-refractivity contribution in [3.8, 4) is 0 Å². The van der Waals surface area contributed by atoms with Gasteiger partial charge in [0.15, 0.2) is 6.30 Å². The van der Waals surface area contributed by atoms with Crippen molar-refractivity contribution in [2.24, 2.45) is 5.92 Å². The number of rotatable bonds is 2. The Bertz CT molecular complexity index is 209. The van der Waals surface area contributed by atoms with Gasteiger partial charge in [0.05, 0.1) is 0 Å². The lowest BCUT2D eigenvalue weighted by atomic mass is 10.1. The minimum absolute atomic E-state index is 0.0318. The Morgan fingerprint density at radius 2 is 2.67 bits per heavy atom. The molecule has 0 fully saturated rings. The van der Waals surface area contributed by atoms with E-state index in [0.717, 1.165) is 6.42 Å². The summed E-state index contributed by atoms with van der Waals surface area (Å²) in [5.74, 6) is 1.06. The van der Waals surface area contributed by atoms with E-state index in [4.69, 9.17) is 5.89 Å². The van der Waals surface area contributed by atoms with Crippen molar-refractivity contribution in [2.75, 3.05) is 0 Å². The standard InChI is InChI=1S/C6H10N2O/c1-5(2)3-6-7-4-8-9-6/h4-5H,3H2,1-2H3/i4D. The minimum Gasteiger partial charge on any atom is -0.340 e. The summed E-state index contributed by atoms with van der Waals surface area (Å²) in [5, 5.41) is 3.35. The van der Waals surface area contributed by atoms with Crippen LogP contribution in [0.1, 0.15) is 21.1 Å². The average molecular weight is 127 g/mol. The maximum Gasteiger partial charge on any atom is 0.226 e. The van der Waals surface area contributed by atoms with Crippen LogP contribution in [0.25, 0.3) is 0 Å². The predicted octanol–water partition coefficient (Wildman–Crippen LogP) is 1.27. The van der Waals surface area contributed by atoms with E-state index in [1.54, 1.807) is 0 Å². The van der Waals surface area contributed by atoms with Gasteiger partial charge >= 0.3 is 0 Å². The molecule has 9 heavy (non-hydrogen) atoms. The van der Waals surface area contributed by atoms with Crippen LogP contribution in [0.4, 0.5) is 0 Å². The molecule has 0 aliphatic heterocycles. The highest BCUT2D eigenvalue weighted by Crippen LogP contribution is 2.01. The van der Waals surface area contributed by atoms with E-state index in [2.05, 4.69) is 24.0 Å². The van der Waals surface area contributed by atoms with E-state index >= 15 is 0 Å². The lowest BCUT2D eigenvalue weighted by molar-refractivity contribution is 0.362. The van der Waals surface area contributed by atoms with Crippen molar-refractivity contribution in [3.05, 3.63) is 12.2 Å². The second-order valence-electron chi connectivity index (χ2n) is 2.39. The maximum atomic E-state index is 6.94. The van der Waals surface area contributed by atoms with Crippen molar-refractivity contribution >= 4 is 0 Å². The molecule has 0 spiro atoms. The van der Waals surface area contributed by atoms with Gasteiger partial charge in [-0.3, -0.25) is 0 Å². The summed E-state index contributed by atoms with van der Waals surface area (Å²) in [6, 6.07) is 0. The minimum atomic E-state index is -0.0318. The number of aromatic nitrogens is 2. The Balaban J connectivity index is 2.58. The van der Waals surface area contributed by atoms with Crippen LogP contribution in [0.3, 0.4) is 0 Å². The molecule has 0 amide bonds. The fraction of sp³-hybridized carbons (Fsp3) is 0.667. The molecule has 3 nitrogen and oxygen atoms in total. The van der Waals surface area contributed by atoms with Crippen LogP contribution in [0.5, 0.6) is 0 Å². The molecular formula is C6H10N2O. The Labute approximate surface area is 55.5 Å². The third kappa shape index (κ3) is 1.83. The molecular weight excluding hydrogens is 116 g/mol. The summed E-state index contributed by atoms with van der Waals surface area (Å²) in [6.45, 7) is 4.13. The van der Waals surface area contributed by atoms with Crippen molar-refractivity contribution in [1.29, 1.82) is 0 Å². The van der Waals surface area contributed by atoms with E-state index < -0.39 is 0 Å². The molecule has 0 bridgehead atoms.